The summed E-state index contributed by atoms with van der Waals surface area (Å²) in [5.74, 6) is 0.907. The molecule has 1 saturated heterocycles. The van der Waals surface area contributed by atoms with Crippen molar-refractivity contribution in [3.8, 4) is 5.75 Å². The van der Waals surface area contributed by atoms with Gasteiger partial charge >= 0.3 is 0 Å². The number of nitrogens with zero attached hydrogens (tertiary/aromatic N) is 2. The molecule has 0 radical (unpaired) electrons. The summed E-state index contributed by atoms with van der Waals surface area (Å²) < 4.78 is 33.5. The van der Waals surface area contributed by atoms with E-state index >= 15 is 0 Å². The first-order chi connectivity index (χ1) is 13.9. The molecule has 2 saturated carbocycles. The molecule has 29 heavy (non-hydrogen) atoms. The summed E-state index contributed by atoms with van der Waals surface area (Å²) >= 11 is 0. The summed E-state index contributed by atoms with van der Waals surface area (Å²) in [5, 5.41) is 0. The number of methoxy groups -OCH3 is 1. The standard InChI is InChI=1S/C22H32N2O4S/c1-16(17-7-8-17)24(18-9-10-18)22(25)20-15-19(11-12-21(20)28-2)29(26,27)23-13-5-3-4-6-14-23/h11-12,15-18H,3-10,13-14H2,1-2H3. The molecule has 3 aliphatic rings. The molecule has 1 atom stereocenters. The third-order valence-electron chi connectivity index (χ3n) is 6.52. The Kier molecular flexibility index (Phi) is 5.89. The third-order valence-corrected chi connectivity index (χ3v) is 8.42. The Bertz CT molecular complexity index is 854. The van der Waals surface area contributed by atoms with Crippen LogP contribution in [0.15, 0.2) is 23.1 Å². The van der Waals surface area contributed by atoms with Crippen molar-refractivity contribution >= 4 is 15.9 Å². The molecule has 1 aliphatic heterocycles. The van der Waals surface area contributed by atoms with Crippen LogP contribution in [0.4, 0.5) is 0 Å². The van der Waals surface area contributed by atoms with E-state index in [2.05, 4.69) is 6.92 Å². The maximum atomic E-state index is 13.5. The van der Waals surface area contributed by atoms with Crippen LogP contribution in [0.1, 0.15) is 68.6 Å². The lowest BCUT2D eigenvalue weighted by molar-refractivity contribution is 0.0650. The Hall–Kier alpha value is -1.60. The zero-order valence-electron chi connectivity index (χ0n) is 17.5. The van der Waals surface area contributed by atoms with E-state index in [1.165, 1.54) is 13.2 Å². The first kappa shape index (κ1) is 20.7. The van der Waals surface area contributed by atoms with E-state index < -0.39 is 10.0 Å². The van der Waals surface area contributed by atoms with Gasteiger partial charge in [0.05, 0.1) is 17.6 Å². The van der Waals surface area contributed by atoms with Crippen LogP contribution in [0, 0.1) is 5.92 Å². The molecule has 1 heterocycles. The molecule has 2 aliphatic carbocycles. The Morgan fingerprint density at radius 2 is 1.76 bits per heavy atom. The third kappa shape index (κ3) is 4.31. The van der Waals surface area contributed by atoms with E-state index in [-0.39, 0.29) is 22.9 Å². The van der Waals surface area contributed by atoms with Gasteiger partial charge in [-0.1, -0.05) is 12.8 Å². The molecule has 1 aromatic carbocycles. The number of sulfonamides is 1. The summed E-state index contributed by atoms with van der Waals surface area (Å²) in [6, 6.07) is 5.20. The fourth-order valence-corrected chi connectivity index (χ4v) is 5.97. The van der Waals surface area contributed by atoms with Gasteiger partial charge in [0, 0.05) is 25.2 Å². The molecule has 1 aromatic rings. The van der Waals surface area contributed by atoms with Crippen LogP contribution in [0.25, 0.3) is 0 Å². The number of ether oxygens (including phenoxy) is 1. The average molecular weight is 421 g/mol. The predicted octanol–water partition coefficient (Wildman–Crippen LogP) is 3.66. The molecule has 0 aromatic heterocycles. The Morgan fingerprint density at radius 1 is 1.10 bits per heavy atom. The minimum atomic E-state index is -3.61. The maximum absolute atomic E-state index is 13.5. The number of rotatable bonds is 7. The van der Waals surface area contributed by atoms with E-state index in [1.807, 2.05) is 4.90 Å². The number of hydrogen-bond donors (Lipinski definition) is 0. The number of carbonyl (C=O) groups is 1. The van der Waals surface area contributed by atoms with Crippen molar-refractivity contribution < 1.29 is 17.9 Å². The molecule has 1 unspecified atom stereocenters. The van der Waals surface area contributed by atoms with Crippen molar-refractivity contribution in [2.45, 2.75) is 75.3 Å². The van der Waals surface area contributed by atoms with Crippen molar-refractivity contribution in [1.29, 1.82) is 0 Å². The van der Waals surface area contributed by atoms with Crippen molar-refractivity contribution in [2.24, 2.45) is 5.92 Å². The first-order valence-electron chi connectivity index (χ1n) is 10.9. The van der Waals surface area contributed by atoms with Crippen molar-refractivity contribution in [3.05, 3.63) is 23.8 Å². The lowest BCUT2D eigenvalue weighted by Crippen LogP contribution is -2.42. The second-order valence-electron chi connectivity index (χ2n) is 8.70. The normalized spacial score (nSPS) is 22.0. The van der Waals surface area contributed by atoms with Crippen molar-refractivity contribution in [2.75, 3.05) is 20.2 Å². The first-order valence-corrected chi connectivity index (χ1v) is 12.4. The zero-order valence-corrected chi connectivity index (χ0v) is 18.3. The summed E-state index contributed by atoms with van der Waals surface area (Å²) in [6.45, 7) is 3.22. The summed E-state index contributed by atoms with van der Waals surface area (Å²) in [7, 11) is -2.09. The largest absolute Gasteiger partial charge is 0.496 e. The predicted molar refractivity (Wildman–Crippen MR) is 112 cm³/mol. The Balaban J connectivity index is 1.66. The minimum absolute atomic E-state index is 0.100. The second kappa shape index (κ2) is 8.26. The fraction of sp³-hybridized carbons (Fsp3) is 0.682. The van der Waals surface area contributed by atoms with Gasteiger partial charge in [-0.05, 0) is 69.6 Å². The average Bonchev–Trinajstić information content (AvgIpc) is 3.60. The van der Waals surface area contributed by atoms with Gasteiger partial charge in [-0.15, -0.1) is 0 Å². The molecule has 160 valence electrons. The number of benzene rings is 1. The van der Waals surface area contributed by atoms with Crippen LogP contribution in [-0.2, 0) is 10.0 Å². The van der Waals surface area contributed by atoms with E-state index in [4.69, 9.17) is 4.74 Å². The van der Waals surface area contributed by atoms with Crippen molar-refractivity contribution in [3.63, 3.8) is 0 Å². The number of hydrogen-bond acceptors (Lipinski definition) is 4. The monoisotopic (exact) mass is 420 g/mol. The summed E-state index contributed by atoms with van der Waals surface area (Å²) in [6.07, 6.45) is 8.27. The topological polar surface area (TPSA) is 66.9 Å². The van der Waals surface area contributed by atoms with Crippen LogP contribution in [0.2, 0.25) is 0 Å². The van der Waals surface area contributed by atoms with Gasteiger partial charge in [-0.3, -0.25) is 4.79 Å². The Labute approximate surface area is 174 Å². The quantitative estimate of drug-likeness (QED) is 0.675. The minimum Gasteiger partial charge on any atom is -0.496 e. The lowest BCUT2D eigenvalue weighted by atomic mass is 10.1. The molecule has 0 spiro atoms. The van der Waals surface area contributed by atoms with E-state index in [1.54, 1.807) is 16.4 Å². The molecular formula is C22H32N2O4S. The van der Waals surface area contributed by atoms with Gasteiger partial charge in [0.1, 0.15) is 5.75 Å². The Morgan fingerprint density at radius 3 is 2.31 bits per heavy atom. The molecule has 0 N–H and O–H groups in total. The van der Waals surface area contributed by atoms with E-state index in [0.29, 0.717) is 30.3 Å². The number of carbonyl (C=O) groups excluding carboxylic acids is 1. The lowest BCUT2D eigenvalue weighted by Gasteiger charge is -2.30. The van der Waals surface area contributed by atoms with Gasteiger partial charge in [0.25, 0.3) is 5.91 Å². The zero-order chi connectivity index (χ0) is 20.6. The van der Waals surface area contributed by atoms with Crippen LogP contribution >= 0.6 is 0 Å². The van der Waals surface area contributed by atoms with Gasteiger partial charge in [0.15, 0.2) is 0 Å². The molecule has 3 fully saturated rings. The van der Waals surface area contributed by atoms with Gasteiger partial charge in [0.2, 0.25) is 10.0 Å². The molecule has 4 rings (SSSR count). The highest BCUT2D eigenvalue weighted by Crippen LogP contribution is 2.41. The summed E-state index contributed by atoms with van der Waals surface area (Å²) in [5.41, 5.74) is 0.364. The van der Waals surface area contributed by atoms with Crippen molar-refractivity contribution in [1.82, 2.24) is 9.21 Å². The van der Waals surface area contributed by atoms with Crippen LogP contribution in [0.3, 0.4) is 0 Å². The summed E-state index contributed by atoms with van der Waals surface area (Å²) in [4.78, 5) is 15.7. The smallest absolute Gasteiger partial charge is 0.258 e. The van der Waals surface area contributed by atoms with E-state index in [0.717, 1.165) is 51.4 Å². The molecule has 0 bridgehead atoms. The highest BCUT2D eigenvalue weighted by atomic mass is 32.2. The second-order valence-corrected chi connectivity index (χ2v) is 10.6. The molecular weight excluding hydrogens is 388 g/mol. The maximum Gasteiger partial charge on any atom is 0.258 e. The highest BCUT2D eigenvalue weighted by molar-refractivity contribution is 7.89. The molecule has 7 heteroatoms. The fourth-order valence-electron chi connectivity index (χ4n) is 4.43. The highest BCUT2D eigenvalue weighted by Gasteiger charge is 2.42. The SMILES string of the molecule is COc1ccc(S(=O)(=O)N2CCCCCC2)cc1C(=O)N(C1CC1)C(C)C1CC1. The van der Waals surface area contributed by atoms with Gasteiger partial charge in [-0.25, -0.2) is 8.42 Å². The van der Waals surface area contributed by atoms with Crippen LogP contribution < -0.4 is 4.74 Å². The van der Waals surface area contributed by atoms with E-state index in [9.17, 15) is 13.2 Å². The molecule has 1 amide bonds. The van der Waals surface area contributed by atoms with Gasteiger partial charge in [-0.2, -0.15) is 4.31 Å². The van der Waals surface area contributed by atoms with Crippen LogP contribution in [-0.4, -0.2) is 55.8 Å². The van der Waals surface area contributed by atoms with Gasteiger partial charge < -0.3 is 9.64 Å². The molecule has 6 nitrogen and oxygen atoms in total. The number of amides is 1. The van der Waals surface area contributed by atoms with Crippen LogP contribution in [0.5, 0.6) is 5.75 Å².